The summed E-state index contributed by atoms with van der Waals surface area (Å²) in [5, 5.41) is 2.91. The summed E-state index contributed by atoms with van der Waals surface area (Å²) in [5.41, 5.74) is 6.86. The lowest BCUT2D eigenvalue weighted by molar-refractivity contribution is -0.126. The zero-order chi connectivity index (χ0) is 16.4. The SMILES string of the molecule is CSc1ccc(N2CC(C(=O)NCC(N)C3CC3)CC2=O)cc1. The Morgan fingerprint density at radius 2 is 2.09 bits per heavy atom. The molecule has 3 rings (SSSR count). The van der Waals surface area contributed by atoms with Crippen molar-refractivity contribution in [2.75, 3.05) is 24.2 Å². The van der Waals surface area contributed by atoms with Gasteiger partial charge in [0.05, 0.1) is 5.92 Å². The lowest BCUT2D eigenvalue weighted by Gasteiger charge is -2.17. The first kappa shape index (κ1) is 16.3. The summed E-state index contributed by atoms with van der Waals surface area (Å²) in [5.74, 6) is 0.229. The molecule has 2 aliphatic rings. The lowest BCUT2D eigenvalue weighted by atomic mass is 10.1. The molecule has 124 valence electrons. The van der Waals surface area contributed by atoms with Gasteiger partial charge in [0, 0.05) is 36.1 Å². The first-order valence-corrected chi connectivity index (χ1v) is 9.28. The van der Waals surface area contributed by atoms with E-state index in [9.17, 15) is 9.59 Å². The molecule has 1 aromatic carbocycles. The predicted octanol–water partition coefficient (Wildman–Crippen LogP) is 1.61. The minimum absolute atomic E-state index is 0.00791. The van der Waals surface area contributed by atoms with Crippen molar-refractivity contribution in [3.8, 4) is 0 Å². The van der Waals surface area contributed by atoms with Crippen LogP contribution in [0.25, 0.3) is 0 Å². The van der Waals surface area contributed by atoms with Gasteiger partial charge in [0.25, 0.3) is 0 Å². The smallest absolute Gasteiger partial charge is 0.227 e. The summed E-state index contributed by atoms with van der Waals surface area (Å²) in [6.45, 7) is 0.957. The topological polar surface area (TPSA) is 75.4 Å². The van der Waals surface area contributed by atoms with Crippen LogP contribution in [0.2, 0.25) is 0 Å². The molecule has 1 aliphatic carbocycles. The van der Waals surface area contributed by atoms with Crippen LogP contribution in [0, 0.1) is 11.8 Å². The van der Waals surface area contributed by atoms with E-state index in [1.165, 1.54) is 12.8 Å². The molecule has 1 aliphatic heterocycles. The number of nitrogens with zero attached hydrogens (tertiary/aromatic N) is 1. The van der Waals surface area contributed by atoms with Crippen LogP contribution in [0.1, 0.15) is 19.3 Å². The van der Waals surface area contributed by atoms with Gasteiger partial charge in [-0.3, -0.25) is 9.59 Å². The Morgan fingerprint density at radius 3 is 2.70 bits per heavy atom. The van der Waals surface area contributed by atoms with Crippen LogP contribution in [-0.2, 0) is 9.59 Å². The highest BCUT2D eigenvalue weighted by Gasteiger charge is 2.36. The third-order valence-electron chi connectivity index (χ3n) is 4.62. The van der Waals surface area contributed by atoms with Crippen LogP contribution in [0.4, 0.5) is 5.69 Å². The van der Waals surface area contributed by atoms with Crippen molar-refractivity contribution in [2.24, 2.45) is 17.6 Å². The molecule has 2 fully saturated rings. The van der Waals surface area contributed by atoms with Gasteiger partial charge >= 0.3 is 0 Å². The van der Waals surface area contributed by atoms with Crippen molar-refractivity contribution >= 4 is 29.3 Å². The molecule has 6 heteroatoms. The largest absolute Gasteiger partial charge is 0.354 e. The van der Waals surface area contributed by atoms with Gasteiger partial charge in [-0.25, -0.2) is 0 Å². The fourth-order valence-corrected chi connectivity index (χ4v) is 3.36. The van der Waals surface area contributed by atoms with Crippen LogP contribution < -0.4 is 16.0 Å². The average Bonchev–Trinajstić information content (AvgIpc) is 3.35. The summed E-state index contributed by atoms with van der Waals surface area (Å²) >= 11 is 1.66. The van der Waals surface area contributed by atoms with Gasteiger partial charge in [-0.1, -0.05) is 0 Å². The standard InChI is InChI=1S/C17H23N3O2S/c1-23-14-6-4-13(5-7-14)20-10-12(8-16(20)21)17(22)19-9-15(18)11-2-3-11/h4-7,11-12,15H,2-3,8-10,18H2,1H3,(H,19,22). The maximum Gasteiger partial charge on any atom is 0.227 e. The molecule has 2 amide bonds. The monoisotopic (exact) mass is 333 g/mol. The minimum atomic E-state index is -0.283. The maximum atomic E-state index is 12.3. The quantitative estimate of drug-likeness (QED) is 0.776. The number of nitrogens with one attached hydrogen (secondary N) is 1. The molecule has 1 aromatic rings. The minimum Gasteiger partial charge on any atom is -0.354 e. The second-order valence-corrected chi connectivity index (χ2v) is 7.23. The molecule has 0 spiro atoms. The third-order valence-corrected chi connectivity index (χ3v) is 5.36. The summed E-state index contributed by atoms with van der Waals surface area (Å²) in [6, 6.07) is 7.91. The highest BCUT2D eigenvalue weighted by atomic mass is 32.2. The van der Waals surface area contributed by atoms with E-state index in [-0.39, 0.29) is 30.2 Å². The number of rotatable bonds is 6. The van der Waals surface area contributed by atoms with Gasteiger partial charge in [0.15, 0.2) is 0 Å². The highest BCUT2D eigenvalue weighted by molar-refractivity contribution is 7.98. The fraction of sp³-hybridized carbons (Fsp3) is 0.529. The molecular weight excluding hydrogens is 310 g/mol. The van der Waals surface area contributed by atoms with Crippen LogP contribution in [-0.4, -0.2) is 37.2 Å². The van der Waals surface area contributed by atoms with Crippen LogP contribution in [0.3, 0.4) is 0 Å². The first-order chi connectivity index (χ1) is 11.1. The molecule has 5 nitrogen and oxygen atoms in total. The van der Waals surface area contributed by atoms with Crippen molar-refractivity contribution in [1.82, 2.24) is 5.32 Å². The van der Waals surface area contributed by atoms with Gasteiger partial charge in [0.2, 0.25) is 11.8 Å². The molecular formula is C17H23N3O2S. The second kappa shape index (κ2) is 6.93. The van der Waals surface area contributed by atoms with Crippen molar-refractivity contribution in [2.45, 2.75) is 30.2 Å². The Balaban J connectivity index is 1.56. The third kappa shape index (κ3) is 3.87. The van der Waals surface area contributed by atoms with Crippen molar-refractivity contribution in [1.29, 1.82) is 0 Å². The van der Waals surface area contributed by atoms with E-state index >= 15 is 0 Å². The zero-order valence-electron chi connectivity index (χ0n) is 13.3. The number of amides is 2. The highest BCUT2D eigenvalue weighted by Crippen LogP contribution is 2.31. The van der Waals surface area contributed by atoms with E-state index in [4.69, 9.17) is 5.73 Å². The van der Waals surface area contributed by atoms with E-state index in [2.05, 4.69) is 5.32 Å². The van der Waals surface area contributed by atoms with Crippen molar-refractivity contribution < 1.29 is 9.59 Å². The number of hydrogen-bond acceptors (Lipinski definition) is 4. The van der Waals surface area contributed by atoms with E-state index in [0.29, 0.717) is 19.0 Å². The van der Waals surface area contributed by atoms with E-state index in [1.807, 2.05) is 30.5 Å². The molecule has 0 aromatic heterocycles. The Kier molecular flexibility index (Phi) is 4.92. The van der Waals surface area contributed by atoms with Crippen LogP contribution >= 0.6 is 11.8 Å². The Bertz CT molecular complexity index is 586. The molecule has 2 unspecified atom stereocenters. The van der Waals surface area contributed by atoms with Gasteiger partial charge in [-0.05, 0) is 49.3 Å². The van der Waals surface area contributed by atoms with E-state index < -0.39 is 0 Å². The van der Waals surface area contributed by atoms with E-state index in [0.717, 1.165) is 10.6 Å². The number of thioether (sulfide) groups is 1. The Morgan fingerprint density at radius 1 is 1.39 bits per heavy atom. The maximum absolute atomic E-state index is 12.3. The molecule has 0 bridgehead atoms. The Labute approximate surface area is 141 Å². The second-order valence-electron chi connectivity index (χ2n) is 6.35. The molecule has 1 saturated heterocycles. The summed E-state index contributed by atoms with van der Waals surface area (Å²) in [4.78, 5) is 27.3. The van der Waals surface area contributed by atoms with Gasteiger partial charge in [0.1, 0.15) is 0 Å². The van der Waals surface area contributed by atoms with Crippen molar-refractivity contribution in [3.63, 3.8) is 0 Å². The van der Waals surface area contributed by atoms with Gasteiger partial charge in [-0.15, -0.1) is 11.8 Å². The number of hydrogen-bond donors (Lipinski definition) is 2. The molecule has 1 heterocycles. The predicted molar refractivity (Wildman–Crippen MR) is 92.4 cm³/mol. The summed E-state index contributed by atoms with van der Waals surface area (Å²) in [7, 11) is 0. The van der Waals surface area contributed by atoms with Crippen molar-refractivity contribution in [3.05, 3.63) is 24.3 Å². The molecule has 2 atom stereocenters. The van der Waals surface area contributed by atoms with Gasteiger partial charge in [-0.2, -0.15) is 0 Å². The summed E-state index contributed by atoms with van der Waals surface area (Å²) in [6.07, 6.45) is 4.62. The normalized spacial score (nSPS) is 22.3. The van der Waals surface area contributed by atoms with Crippen LogP contribution in [0.5, 0.6) is 0 Å². The molecule has 1 saturated carbocycles. The number of carbonyl (C=O) groups is 2. The first-order valence-electron chi connectivity index (χ1n) is 8.06. The number of nitrogens with two attached hydrogens (primary N) is 1. The van der Waals surface area contributed by atoms with Crippen LogP contribution in [0.15, 0.2) is 29.2 Å². The average molecular weight is 333 g/mol. The number of anilines is 1. The Hall–Kier alpha value is -1.53. The number of carbonyl (C=O) groups excluding carboxylic acids is 2. The van der Waals surface area contributed by atoms with E-state index in [1.54, 1.807) is 16.7 Å². The lowest BCUT2D eigenvalue weighted by Crippen LogP contribution is -2.41. The summed E-state index contributed by atoms with van der Waals surface area (Å²) < 4.78 is 0. The molecule has 3 N–H and O–H groups in total. The van der Waals surface area contributed by atoms with Gasteiger partial charge < -0.3 is 16.0 Å². The fourth-order valence-electron chi connectivity index (χ4n) is 2.95. The molecule has 23 heavy (non-hydrogen) atoms. The number of benzene rings is 1. The molecule has 0 radical (unpaired) electrons. The zero-order valence-corrected chi connectivity index (χ0v) is 14.1.